The number of aromatic nitrogens is 2. The van der Waals surface area contributed by atoms with E-state index in [0.29, 0.717) is 16.9 Å². The SMILES string of the molecule is Cc1c(C(=O)OC(C)C(=O)Nc2ccc(Br)cc2)cnn1-c1ccccc1. The summed E-state index contributed by atoms with van der Waals surface area (Å²) >= 11 is 3.33. The molecule has 0 aliphatic carbocycles. The van der Waals surface area contributed by atoms with E-state index in [1.165, 1.54) is 13.1 Å². The monoisotopic (exact) mass is 427 g/mol. The van der Waals surface area contributed by atoms with E-state index >= 15 is 0 Å². The van der Waals surface area contributed by atoms with Crippen molar-refractivity contribution in [1.82, 2.24) is 9.78 Å². The normalized spacial score (nSPS) is 11.7. The second kappa shape index (κ2) is 8.18. The fourth-order valence-corrected chi connectivity index (χ4v) is 2.76. The first-order valence-corrected chi connectivity index (χ1v) is 9.12. The largest absolute Gasteiger partial charge is 0.449 e. The van der Waals surface area contributed by atoms with Crippen molar-refractivity contribution in [3.05, 3.63) is 76.5 Å². The highest BCUT2D eigenvalue weighted by Gasteiger charge is 2.22. The van der Waals surface area contributed by atoms with Crippen LogP contribution in [0, 0.1) is 6.92 Å². The summed E-state index contributed by atoms with van der Waals surface area (Å²) in [6.07, 6.45) is 0.505. The van der Waals surface area contributed by atoms with Gasteiger partial charge in [-0.05, 0) is 50.2 Å². The van der Waals surface area contributed by atoms with Crippen molar-refractivity contribution in [2.75, 3.05) is 5.32 Å². The second-order valence-electron chi connectivity index (χ2n) is 5.93. The van der Waals surface area contributed by atoms with E-state index in [9.17, 15) is 9.59 Å². The van der Waals surface area contributed by atoms with Gasteiger partial charge in [-0.15, -0.1) is 0 Å². The maximum absolute atomic E-state index is 12.5. The van der Waals surface area contributed by atoms with Crippen LogP contribution in [0.4, 0.5) is 5.69 Å². The molecule has 1 amide bonds. The molecule has 3 aromatic rings. The zero-order chi connectivity index (χ0) is 19.4. The minimum atomic E-state index is -0.944. The summed E-state index contributed by atoms with van der Waals surface area (Å²) < 4.78 is 7.87. The molecule has 1 atom stereocenters. The van der Waals surface area contributed by atoms with E-state index < -0.39 is 18.0 Å². The minimum absolute atomic E-state index is 0.321. The van der Waals surface area contributed by atoms with E-state index in [-0.39, 0.29) is 0 Å². The van der Waals surface area contributed by atoms with Crippen molar-refractivity contribution in [3.8, 4) is 5.69 Å². The average molecular weight is 428 g/mol. The zero-order valence-electron chi connectivity index (χ0n) is 14.8. The molecule has 6 nitrogen and oxygen atoms in total. The highest BCUT2D eigenvalue weighted by molar-refractivity contribution is 9.10. The molecule has 7 heteroatoms. The third-order valence-corrected chi connectivity index (χ3v) is 4.52. The third-order valence-electron chi connectivity index (χ3n) is 4.00. The van der Waals surface area contributed by atoms with Crippen LogP contribution in [0.2, 0.25) is 0 Å². The number of esters is 1. The summed E-state index contributed by atoms with van der Waals surface area (Å²) in [5.74, 6) is -0.994. The number of halogens is 1. The molecule has 0 saturated heterocycles. The number of carbonyl (C=O) groups is 2. The van der Waals surface area contributed by atoms with Gasteiger partial charge in [-0.2, -0.15) is 5.10 Å². The van der Waals surface area contributed by atoms with Gasteiger partial charge in [-0.25, -0.2) is 9.48 Å². The molecule has 0 saturated carbocycles. The second-order valence-corrected chi connectivity index (χ2v) is 6.85. The van der Waals surface area contributed by atoms with Crippen molar-refractivity contribution < 1.29 is 14.3 Å². The number of nitrogens with zero attached hydrogens (tertiary/aromatic N) is 2. The number of para-hydroxylation sites is 1. The van der Waals surface area contributed by atoms with Gasteiger partial charge in [-0.1, -0.05) is 34.1 Å². The van der Waals surface area contributed by atoms with Crippen molar-refractivity contribution in [3.63, 3.8) is 0 Å². The van der Waals surface area contributed by atoms with Gasteiger partial charge < -0.3 is 10.1 Å². The van der Waals surface area contributed by atoms with Gasteiger partial charge in [0.2, 0.25) is 0 Å². The molecule has 0 aliphatic heterocycles. The van der Waals surface area contributed by atoms with Gasteiger partial charge in [0.05, 0.1) is 17.6 Å². The Morgan fingerprint density at radius 1 is 1.11 bits per heavy atom. The molecule has 0 radical (unpaired) electrons. The number of carbonyl (C=O) groups excluding carboxylic acids is 2. The summed E-state index contributed by atoms with van der Waals surface area (Å²) in [6, 6.07) is 16.6. The van der Waals surface area contributed by atoms with Gasteiger partial charge in [-0.3, -0.25) is 4.79 Å². The van der Waals surface area contributed by atoms with E-state index in [2.05, 4.69) is 26.3 Å². The van der Waals surface area contributed by atoms with Gasteiger partial charge in [0.25, 0.3) is 5.91 Å². The first-order chi connectivity index (χ1) is 13.0. The summed E-state index contributed by atoms with van der Waals surface area (Å²) in [5, 5.41) is 6.96. The van der Waals surface area contributed by atoms with Gasteiger partial charge >= 0.3 is 5.97 Å². The van der Waals surface area contributed by atoms with Crippen LogP contribution in [0.15, 0.2) is 65.3 Å². The number of benzene rings is 2. The molecule has 0 spiro atoms. The maximum Gasteiger partial charge on any atom is 0.342 e. The number of ether oxygens (including phenoxy) is 1. The number of hydrogen-bond donors (Lipinski definition) is 1. The Hall–Kier alpha value is -2.93. The summed E-state index contributed by atoms with van der Waals surface area (Å²) in [4.78, 5) is 24.7. The van der Waals surface area contributed by atoms with Crippen LogP contribution in [0.25, 0.3) is 5.69 Å². The summed E-state index contributed by atoms with van der Waals surface area (Å²) in [6.45, 7) is 3.31. The fraction of sp³-hybridized carbons (Fsp3) is 0.150. The molecule has 0 fully saturated rings. The average Bonchev–Trinajstić information content (AvgIpc) is 3.05. The summed E-state index contributed by atoms with van der Waals surface area (Å²) in [5.41, 5.74) is 2.43. The first-order valence-electron chi connectivity index (χ1n) is 8.33. The number of amides is 1. The maximum atomic E-state index is 12.5. The van der Waals surface area contributed by atoms with Crippen molar-refractivity contribution in [2.45, 2.75) is 20.0 Å². The topological polar surface area (TPSA) is 73.2 Å². The van der Waals surface area contributed by atoms with Crippen LogP contribution < -0.4 is 5.32 Å². The Bertz CT molecular complexity index is 952. The molecule has 0 aliphatic rings. The van der Waals surface area contributed by atoms with Crippen molar-refractivity contribution in [1.29, 1.82) is 0 Å². The number of hydrogen-bond acceptors (Lipinski definition) is 4. The highest BCUT2D eigenvalue weighted by Crippen LogP contribution is 2.17. The number of nitrogens with one attached hydrogen (secondary N) is 1. The molecular formula is C20H18BrN3O3. The lowest BCUT2D eigenvalue weighted by atomic mass is 10.2. The van der Waals surface area contributed by atoms with Gasteiger partial charge in [0.15, 0.2) is 6.10 Å². The van der Waals surface area contributed by atoms with Crippen LogP contribution >= 0.6 is 15.9 Å². The lowest BCUT2D eigenvalue weighted by Gasteiger charge is -2.13. The molecule has 0 bridgehead atoms. The number of rotatable bonds is 5. The molecule has 1 heterocycles. The molecule has 27 heavy (non-hydrogen) atoms. The Morgan fingerprint density at radius 2 is 1.78 bits per heavy atom. The van der Waals surface area contributed by atoms with E-state index in [1.807, 2.05) is 42.5 Å². The lowest BCUT2D eigenvalue weighted by Crippen LogP contribution is -2.30. The van der Waals surface area contributed by atoms with Gasteiger partial charge in [0, 0.05) is 10.2 Å². The molecule has 2 aromatic carbocycles. The third kappa shape index (κ3) is 4.43. The van der Waals surface area contributed by atoms with Crippen LogP contribution in [0.3, 0.4) is 0 Å². The van der Waals surface area contributed by atoms with Crippen LogP contribution in [-0.2, 0) is 9.53 Å². The molecular weight excluding hydrogens is 410 g/mol. The quantitative estimate of drug-likeness (QED) is 0.621. The Labute approximate surface area is 165 Å². The molecule has 138 valence electrons. The molecule has 1 aromatic heterocycles. The van der Waals surface area contributed by atoms with E-state index in [4.69, 9.17) is 4.74 Å². The molecule has 1 N–H and O–H groups in total. The standard InChI is InChI=1S/C20H18BrN3O3/c1-13-18(12-22-24(13)17-6-4-3-5-7-17)20(26)27-14(2)19(25)23-16-10-8-15(21)9-11-16/h3-12,14H,1-2H3,(H,23,25). The Kier molecular flexibility index (Phi) is 5.71. The smallest absolute Gasteiger partial charge is 0.342 e. The highest BCUT2D eigenvalue weighted by atomic mass is 79.9. The van der Waals surface area contributed by atoms with E-state index in [1.54, 1.807) is 23.7 Å². The lowest BCUT2D eigenvalue weighted by molar-refractivity contribution is -0.123. The molecule has 1 unspecified atom stereocenters. The van der Waals surface area contributed by atoms with Crippen molar-refractivity contribution >= 4 is 33.5 Å². The zero-order valence-corrected chi connectivity index (χ0v) is 16.4. The van der Waals surface area contributed by atoms with Crippen molar-refractivity contribution in [2.24, 2.45) is 0 Å². The Balaban J connectivity index is 1.67. The Morgan fingerprint density at radius 3 is 2.44 bits per heavy atom. The van der Waals surface area contributed by atoms with Gasteiger partial charge in [0.1, 0.15) is 5.56 Å². The first kappa shape index (κ1) is 18.8. The fourth-order valence-electron chi connectivity index (χ4n) is 2.49. The van der Waals surface area contributed by atoms with Crippen LogP contribution in [-0.4, -0.2) is 27.8 Å². The van der Waals surface area contributed by atoms with Crippen LogP contribution in [0.1, 0.15) is 23.0 Å². The predicted octanol–water partition coefficient (Wildman–Crippen LogP) is 4.13. The van der Waals surface area contributed by atoms with E-state index in [0.717, 1.165) is 10.2 Å². The minimum Gasteiger partial charge on any atom is -0.449 e. The predicted molar refractivity (Wildman–Crippen MR) is 106 cm³/mol. The number of anilines is 1. The van der Waals surface area contributed by atoms with Crippen LogP contribution in [0.5, 0.6) is 0 Å². The molecule has 3 rings (SSSR count). The summed E-state index contributed by atoms with van der Waals surface area (Å²) in [7, 11) is 0.